The van der Waals surface area contributed by atoms with Gasteiger partial charge in [-0.2, -0.15) is 0 Å². The van der Waals surface area contributed by atoms with Crippen LogP contribution in [0.5, 0.6) is 5.75 Å². The molecule has 2 aromatic rings. The Labute approximate surface area is 127 Å². The zero-order chi connectivity index (χ0) is 15.2. The van der Waals surface area contributed by atoms with Gasteiger partial charge in [0.25, 0.3) is 5.91 Å². The summed E-state index contributed by atoms with van der Waals surface area (Å²) in [5.74, 6) is 0.357. The number of rotatable bonds is 6. The monoisotopic (exact) mass is 303 g/mol. The summed E-state index contributed by atoms with van der Waals surface area (Å²) in [5.41, 5.74) is 0.660. The molecule has 0 aliphatic carbocycles. The molecule has 1 aromatic carbocycles. The molecule has 0 radical (unpaired) electrons. The summed E-state index contributed by atoms with van der Waals surface area (Å²) in [7, 11) is 1.53. The number of carbonyl (C=O) groups excluding carboxylic acids is 2. The topological polar surface area (TPSA) is 55.4 Å². The van der Waals surface area contributed by atoms with Crippen LogP contribution in [-0.2, 0) is 0 Å². The molecule has 2 rings (SSSR count). The van der Waals surface area contributed by atoms with Gasteiger partial charge in [-0.15, -0.1) is 11.3 Å². The number of nitrogens with one attached hydrogen (secondary N) is 1. The molecular formula is C16H17NO3S. The summed E-state index contributed by atoms with van der Waals surface area (Å²) in [6, 6.07) is 10.6. The highest BCUT2D eigenvalue weighted by Gasteiger charge is 2.18. The molecule has 0 saturated carbocycles. The van der Waals surface area contributed by atoms with E-state index >= 15 is 0 Å². The number of carbonyl (C=O) groups is 2. The van der Waals surface area contributed by atoms with E-state index < -0.39 is 0 Å². The van der Waals surface area contributed by atoms with Gasteiger partial charge in [0.15, 0.2) is 5.78 Å². The maximum Gasteiger partial charge on any atom is 0.265 e. The number of hydrogen-bond donors (Lipinski definition) is 1. The number of methoxy groups -OCH3 is 1. The van der Waals surface area contributed by atoms with E-state index in [4.69, 9.17) is 4.74 Å². The molecule has 21 heavy (non-hydrogen) atoms. The van der Waals surface area contributed by atoms with Crippen molar-refractivity contribution in [2.75, 3.05) is 7.11 Å². The molecule has 1 heterocycles. The minimum atomic E-state index is -0.239. The standard InChI is InChI=1S/C16H17NO3S/c1-11(10-13(18)12-6-4-3-5-7-12)17-16(19)15-14(20-2)8-9-21-15/h3-9,11H,10H2,1-2H3,(H,17,19)/t11-/m1/s1. The Balaban J connectivity index is 1.94. The minimum Gasteiger partial charge on any atom is -0.495 e. The van der Waals surface area contributed by atoms with Crippen molar-refractivity contribution in [2.45, 2.75) is 19.4 Å². The fourth-order valence-electron chi connectivity index (χ4n) is 1.98. The Morgan fingerprint density at radius 2 is 1.95 bits per heavy atom. The molecule has 0 aliphatic rings. The summed E-state index contributed by atoms with van der Waals surface area (Å²) in [5, 5.41) is 4.63. The maximum atomic E-state index is 12.1. The van der Waals surface area contributed by atoms with Crippen molar-refractivity contribution in [3.05, 3.63) is 52.2 Å². The lowest BCUT2D eigenvalue weighted by molar-refractivity contribution is 0.0919. The molecule has 0 spiro atoms. The normalized spacial score (nSPS) is 11.7. The second kappa shape index (κ2) is 7.04. The molecule has 4 nitrogen and oxygen atoms in total. The molecule has 0 aliphatic heterocycles. The van der Waals surface area contributed by atoms with Crippen LogP contribution < -0.4 is 10.1 Å². The van der Waals surface area contributed by atoms with Gasteiger partial charge in [0.05, 0.1) is 7.11 Å². The molecule has 0 fully saturated rings. The molecule has 5 heteroatoms. The number of ether oxygens (including phenoxy) is 1. The van der Waals surface area contributed by atoms with Crippen LogP contribution in [0.2, 0.25) is 0 Å². The first kappa shape index (κ1) is 15.3. The van der Waals surface area contributed by atoms with E-state index in [0.717, 1.165) is 0 Å². The van der Waals surface area contributed by atoms with Crippen LogP contribution in [0.3, 0.4) is 0 Å². The number of Topliss-reactive ketones (excluding diaryl/α,β-unsaturated/α-hetero) is 1. The third kappa shape index (κ3) is 3.92. The smallest absolute Gasteiger partial charge is 0.265 e. The summed E-state index contributed by atoms with van der Waals surface area (Å²) in [4.78, 5) is 24.7. The Morgan fingerprint density at radius 1 is 1.24 bits per heavy atom. The van der Waals surface area contributed by atoms with Gasteiger partial charge < -0.3 is 10.1 Å². The molecule has 1 aromatic heterocycles. The van der Waals surface area contributed by atoms with E-state index in [9.17, 15) is 9.59 Å². The summed E-state index contributed by atoms with van der Waals surface area (Å²) in [6.07, 6.45) is 0.267. The van der Waals surface area contributed by atoms with E-state index in [1.807, 2.05) is 25.1 Å². The third-order valence-electron chi connectivity index (χ3n) is 3.02. The zero-order valence-corrected chi connectivity index (χ0v) is 12.8. The molecule has 1 N–H and O–H groups in total. The van der Waals surface area contributed by atoms with E-state index in [0.29, 0.717) is 16.2 Å². The summed E-state index contributed by atoms with van der Waals surface area (Å²) >= 11 is 1.32. The second-order valence-electron chi connectivity index (χ2n) is 4.69. The number of benzene rings is 1. The van der Waals surface area contributed by atoms with Gasteiger partial charge in [-0.3, -0.25) is 9.59 Å². The van der Waals surface area contributed by atoms with Gasteiger partial charge in [0.1, 0.15) is 10.6 Å². The summed E-state index contributed by atoms with van der Waals surface area (Å²) in [6.45, 7) is 1.82. The van der Waals surface area contributed by atoms with Crippen molar-refractivity contribution in [1.82, 2.24) is 5.32 Å². The van der Waals surface area contributed by atoms with Crippen LogP contribution in [0.15, 0.2) is 41.8 Å². The second-order valence-corrected chi connectivity index (χ2v) is 5.60. The van der Waals surface area contributed by atoms with Crippen molar-refractivity contribution in [1.29, 1.82) is 0 Å². The average molecular weight is 303 g/mol. The predicted molar refractivity (Wildman–Crippen MR) is 83.2 cm³/mol. The number of ketones is 1. The van der Waals surface area contributed by atoms with E-state index in [1.165, 1.54) is 18.4 Å². The SMILES string of the molecule is COc1ccsc1C(=O)N[C@H](C)CC(=O)c1ccccc1. The lowest BCUT2D eigenvalue weighted by Gasteiger charge is -2.13. The van der Waals surface area contributed by atoms with Crippen LogP contribution >= 0.6 is 11.3 Å². The lowest BCUT2D eigenvalue weighted by atomic mass is 10.0. The minimum absolute atomic E-state index is 0.0153. The quantitative estimate of drug-likeness (QED) is 0.834. The fourth-order valence-corrected chi connectivity index (χ4v) is 2.75. The Hall–Kier alpha value is -2.14. The van der Waals surface area contributed by atoms with Gasteiger partial charge in [-0.1, -0.05) is 30.3 Å². The number of hydrogen-bond acceptors (Lipinski definition) is 4. The van der Waals surface area contributed by atoms with Crippen molar-refractivity contribution in [2.24, 2.45) is 0 Å². The Bertz CT molecular complexity index is 621. The van der Waals surface area contributed by atoms with E-state index in [1.54, 1.807) is 23.6 Å². The molecular weight excluding hydrogens is 286 g/mol. The summed E-state index contributed by atoms with van der Waals surface area (Å²) < 4.78 is 5.12. The third-order valence-corrected chi connectivity index (χ3v) is 3.91. The van der Waals surface area contributed by atoms with E-state index in [2.05, 4.69) is 5.32 Å². The first-order valence-corrected chi connectivity index (χ1v) is 7.50. The van der Waals surface area contributed by atoms with Gasteiger partial charge in [-0.25, -0.2) is 0 Å². The number of thiophene rings is 1. The van der Waals surface area contributed by atoms with Crippen LogP contribution in [-0.4, -0.2) is 24.8 Å². The van der Waals surface area contributed by atoms with Crippen molar-refractivity contribution in [3.63, 3.8) is 0 Å². The maximum absolute atomic E-state index is 12.1. The van der Waals surface area contributed by atoms with E-state index in [-0.39, 0.29) is 24.2 Å². The molecule has 0 saturated heterocycles. The average Bonchev–Trinajstić information content (AvgIpc) is 2.96. The van der Waals surface area contributed by atoms with Crippen molar-refractivity contribution < 1.29 is 14.3 Å². The molecule has 1 atom stereocenters. The van der Waals surface area contributed by atoms with Gasteiger partial charge in [0.2, 0.25) is 0 Å². The highest BCUT2D eigenvalue weighted by molar-refractivity contribution is 7.12. The molecule has 1 amide bonds. The van der Waals surface area contributed by atoms with Gasteiger partial charge in [-0.05, 0) is 18.4 Å². The van der Waals surface area contributed by atoms with Crippen LogP contribution in [0.1, 0.15) is 33.4 Å². The zero-order valence-electron chi connectivity index (χ0n) is 12.0. The first-order valence-electron chi connectivity index (χ1n) is 6.62. The van der Waals surface area contributed by atoms with Crippen molar-refractivity contribution >= 4 is 23.0 Å². The van der Waals surface area contributed by atoms with Gasteiger partial charge >= 0.3 is 0 Å². The fraction of sp³-hybridized carbons (Fsp3) is 0.250. The molecule has 0 unspecified atom stereocenters. The Morgan fingerprint density at radius 3 is 2.62 bits per heavy atom. The number of amides is 1. The predicted octanol–water partition coefficient (Wildman–Crippen LogP) is 3.15. The highest BCUT2D eigenvalue weighted by Crippen LogP contribution is 2.24. The molecule has 0 bridgehead atoms. The first-order chi connectivity index (χ1) is 10.1. The largest absolute Gasteiger partial charge is 0.495 e. The highest BCUT2D eigenvalue weighted by atomic mass is 32.1. The van der Waals surface area contributed by atoms with Crippen LogP contribution in [0, 0.1) is 0 Å². The molecule has 110 valence electrons. The van der Waals surface area contributed by atoms with Crippen LogP contribution in [0.25, 0.3) is 0 Å². The van der Waals surface area contributed by atoms with Gasteiger partial charge in [0, 0.05) is 18.0 Å². The van der Waals surface area contributed by atoms with Crippen molar-refractivity contribution in [3.8, 4) is 5.75 Å². The lowest BCUT2D eigenvalue weighted by Crippen LogP contribution is -2.34. The Kier molecular flexibility index (Phi) is 5.11. The van der Waals surface area contributed by atoms with Crippen LogP contribution in [0.4, 0.5) is 0 Å².